The van der Waals surface area contributed by atoms with E-state index in [1.54, 1.807) is 12.1 Å². The fourth-order valence-electron chi connectivity index (χ4n) is 0.716. The van der Waals surface area contributed by atoms with Gasteiger partial charge in [0.1, 0.15) is 11.9 Å². The van der Waals surface area contributed by atoms with Crippen molar-refractivity contribution in [1.82, 2.24) is 4.98 Å². The van der Waals surface area contributed by atoms with Crippen molar-refractivity contribution in [1.29, 1.82) is 0 Å². The maximum Gasteiger partial charge on any atom is 0.340 e. The first-order valence-electron chi connectivity index (χ1n) is 3.92. The minimum atomic E-state index is -1.11. The van der Waals surface area contributed by atoms with Crippen molar-refractivity contribution in [3.05, 3.63) is 24.0 Å². The topological polar surface area (TPSA) is 59.4 Å². The lowest BCUT2D eigenvalue weighted by atomic mass is 10.3. The number of ether oxygens (including phenoxy) is 1. The van der Waals surface area contributed by atoms with Crippen LogP contribution in [-0.2, 0) is 4.79 Å². The second-order valence-electron chi connectivity index (χ2n) is 2.73. The molecule has 0 spiro atoms. The zero-order valence-corrected chi connectivity index (χ0v) is 7.52. The molecule has 4 heteroatoms. The summed E-state index contributed by atoms with van der Waals surface area (Å²) in [5, 5.41) is 8.84. The number of aryl methyl sites for hydroxylation is 1. The highest BCUT2D eigenvalue weighted by Gasteiger charge is 2.10. The van der Waals surface area contributed by atoms with Gasteiger partial charge in [-0.2, -0.15) is 0 Å². The Bertz CT molecular complexity index is 292. The van der Waals surface area contributed by atoms with Crippen LogP contribution in [0.3, 0.4) is 0 Å². The molecule has 13 heavy (non-hydrogen) atoms. The van der Waals surface area contributed by atoms with Gasteiger partial charge >= 0.3 is 5.97 Å². The molecule has 0 radical (unpaired) electrons. The number of carbonyl (C=O) groups excluding carboxylic acids is 1. The van der Waals surface area contributed by atoms with Crippen molar-refractivity contribution in [2.75, 3.05) is 0 Å². The zero-order valence-electron chi connectivity index (χ0n) is 7.52. The number of esters is 1. The molecule has 1 aromatic rings. The largest absolute Gasteiger partial charge is 0.423 e. The first kappa shape index (κ1) is 9.67. The average Bonchev–Trinajstić information content (AvgIpc) is 2.08. The van der Waals surface area contributed by atoms with Gasteiger partial charge in [0.05, 0.1) is 6.20 Å². The Morgan fingerprint density at radius 3 is 2.77 bits per heavy atom. The number of pyridine rings is 1. The molecular weight excluding hydrogens is 170 g/mol. The summed E-state index contributed by atoms with van der Waals surface area (Å²) >= 11 is 0. The van der Waals surface area contributed by atoms with Gasteiger partial charge in [-0.1, -0.05) is 0 Å². The summed E-state index contributed by atoms with van der Waals surface area (Å²) in [5.41, 5.74) is 0.844. The molecule has 0 aromatic carbocycles. The van der Waals surface area contributed by atoms with Gasteiger partial charge in [-0.3, -0.25) is 4.98 Å². The van der Waals surface area contributed by atoms with E-state index in [0.717, 1.165) is 5.69 Å². The van der Waals surface area contributed by atoms with Crippen LogP contribution in [0.1, 0.15) is 12.6 Å². The molecule has 0 aliphatic carbocycles. The Hall–Kier alpha value is -1.42. The fourth-order valence-corrected chi connectivity index (χ4v) is 0.716. The number of aliphatic hydroxyl groups excluding tert-OH is 1. The van der Waals surface area contributed by atoms with Gasteiger partial charge < -0.3 is 9.84 Å². The van der Waals surface area contributed by atoms with Gasteiger partial charge in [0.25, 0.3) is 0 Å². The predicted octanol–water partition coefficient (Wildman–Crippen LogP) is 0.676. The van der Waals surface area contributed by atoms with Gasteiger partial charge in [-0.15, -0.1) is 0 Å². The summed E-state index contributed by atoms with van der Waals surface area (Å²) in [6, 6.07) is 3.35. The second-order valence-corrected chi connectivity index (χ2v) is 2.73. The maximum atomic E-state index is 10.9. The SMILES string of the molecule is Cc1ccc(OC(=O)C(C)O)cn1. The summed E-state index contributed by atoms with van der Waals surface area (Å²) in [5.74, 6) is -0.331. The van der Waals surface area contributed by atoms with Crippen molar-refractivity contribution < 1.29 is 14.6 Å². The van der Waals surface area contributed by atoms with E-state index in [2.05, 4.69) is 4.98 Å². The number of nitrogens with zero attached hydrogens (tertiary/aromatic N) is 1. The van der Waals surface area contributed by atoms with Crippen molar-refractivity contribution in [2.24, 2.45) is 0 Å². The van der Waals surface area contributed by atoms with E-state index >= 15 is 0 Å². The fraction of sp³-hybridized carbons (Fsp3) is 0.333. The van der Waals surface area contributed by atoms with Crippen LogP contribution in [0.5, 0.6) is 5.75 Å². The highest BCUT2D eigenvalue weighted by Crippen LogP contribution is 2.09. The van der Waals surface area contributed by atoms with Crippen molar-refractivity contribution in [3.63, 3.8) is 0 Å². The van der Waals surface area contributed by atoms with E-state index in [0.29, 0.717) is 5.75 Å². The molecule has 1 N–H and O–H groups in total. The Labute approximate surface area is 76.2 Å². The quantitative estimate of drug-likeness (QED) is 0.681. The molecule has 1 atom stereocenters. The maximum absolute atomic E-state index is 10.9. The molecule has 1 unspecified atom stereocenters. The molecule has 1 heterocycles. The van der Waals surface area contributed by atoms with Crippen LogP contribution < -0.4 is 4.74 Å². The summed E-state index contributed by atoms with van der Waals surface area (Å²) in [6.45, 7) is 3.18. The Morgan fingerprint density at radius 1 is 1.62 bits per heavy atom. The third-order valence-corrected chi connectivity index (χ3v) is 1.44. The van der Waals surface area contributed by atoms with Crippen molar-refractivity contribution in [3.8, 4) is 5.75 Å². The molecule has 1 aromatic heterocycles. The van der Waals surface area contributed by atoms with E-state index in [1.807, 2.05) is 6.92 Å². The van der Waals surface area contributed by atoms with E-state index in [1.165, 1.54) is 13.1 Å². The van der Waals surface area contributed by atoms with Crippen LogP contribution in [0.15, 0.2) is 18.3 Å². The van der Waals surface area contributed by atoms with E-state index in [4.69, 9.17) is 9.84 Å². The van der Waals surface area contributed by atoms with Crippen molar-refractivity contribution in [2.45, 2.75) is 20.0 Å². The van der Waals surface area contributed by atoms with E-state index < -0.39 is 12.1 Å². The Kier molecular flexibility index (Phi) is 2.97. The highest BCUT2D eigenvalue weighted by molar-refractivity contribution is 5.76. The number of aromatic nitrogens is 1. The molecule has 0 saturated carbocycles. The molecule has 0 aliphatic heterocycles. The number of aliphatic hydroxyl groups is 1. The minimum Gasteiger partial charge on any atom is -0.423 e. The first-order valence-corrected chi connectivity index (χ1v) is 3.92. The third-order valence-electron chi connectivity index (χ3n) is 1.44. The average molecular weight is 181 g/mol. The second kappa shape index (κ2) is 4.00. The van der Waals surface area contributed by atoms with Crippen LogP contribution in [-0.4, -0.2) is 22.2 Å². The van der Waals surface area contributed by atoms with Gasteiger partial charge in [-0.25, -0.2) is 4.79 Å². The van der Waals surface area contributed by atoms with Crippen LogP contribution in [0.25, 0.3) is 0 Å². The number of carbonyl (C=O) groups is 1. The molecule has 0 amide bonds. The summed E-state index contributed by atoms with van der Waals surface area (Å²) in [4.78, 5) is 14.8. The van der Waals surface area contributed by atoms with Crippen LogP contribution in [0, 0.1) is 6.92 Å². The van der Waals surface area contributed by atoms with Gasteiger partial charge in [0.2, 0.25) is 0 Å². The predicted molar refractivity (Wildman–Crippen MR) is 46.3 cm³/mol. The minimum absolute atomic E-state index is 0.344. The number of rotatable bonds is 2. The summed E-state index contributed by atoms with van der Waals surface area (Å²) < 4.78 is 4.78. The molecular formula is C9H11NO3. The molecule has 4 nitrogen and oxygen atoms in total. The molecule has 0 fully saturated rings. The highest BCUT2D eigenvalue weighted by atomic mass is 16.5. The lowest BCUT2D eigenvalue weighted by Crippen LogP contribution is -2.22. The molecule has 0 saturated heterocycles. The number of hydrogen-bond acceptors (Lipinski definition) is 4. The third kappa shape index (κ3) is 2.83. The molecule has 0 aliphatic rings. The standard InChI is InChI=1S/C9H11NO3/c1-6-3-4-8(5-10-6)13-9(12)7(2)11/h3-5,7,11H,1-2H3. The summed E-state index contributed by atoms with van der Waals surface area (Å²) in [6.07, 6.45) is 0.330. The first-order chi connectivity index (χ1) is 6.09. The Balaban J connectivity index is 2.65. The monoisotopic (exact) mass is 181 g/mol. The Morgan fingerprint density at radius 2 is 2.31 bits per heavy atom. The van der Waals surface area contributed by atoms with Crippen LogP contribution in [0.2, 0.25) is 0 Å². The smallest absolute Gasteiger partial charge is 0.340 e. The molecule has 70 valence electrons. The zero-order chi connectivity index (χ0) is 9.84. The summed E-state index contributed by atoms with van der Waals surface area (Å²) in [7, 11) is 0. The molecule has 0 bridgehead atoms. The van der Waals surface area contributed by atoms with E-state index in [9.17, 15) is 4.79 Å². The van der Waals surface area contributed by atoms with Gasteiger partial charge in [0.15, 0.2) is 0 Å². The van der Waals surface area contributed by atoms with Crippen LogP contribution in [0.4, 0.5) is 0 Å². The number of hydrogen-bond donors (Lipinski definition) is 1. The van der Waals surface area contributed by atoms with Gasteiger partial charge in [-0.05, 0) is 26.0 Å². The lowest BCUT2D eigenvalue weighted by Gasteiger charge is -2.04. The van der Waals surface area contributed by atoms with Crippen molar-refractivity contribution >= 4 is 5.97 Å². The van der Waals surface area contributed by atoms with Gasteiger partial charge in [0, 0.05) is 5.69 Å². The lowest BCUT2D eigenvalue weighted by molar-refractivity contribution is -0.142. The molecule has 1 rings (SSSR count). The van der Waals surface area contributed by atoms with Crippen LogP contribution >= 0.6 is 0 Å². The van der Waals surface area contributed by atoms with E-state index in [-0.39, 0.29) is 0 Å². The normalized spacial score (nSPS) is 12.2.